The Morgan fingerprint density at radius 1 is 1.11 bits per heavy atom. The quantitative estimate of drug-likeness (QED) is 0.836. The zero-order valence-corrected chi connectivity index (χ0v) is 10.0. The van der Waals surface area contributed by atoms with E-state index in [9.17, 15) is 9.59 Å². The Balaban J connectivity index is 2.44. The first-order valence-corrected chi connectivity index (χ1v) is 5.63. The van der Waals surface area contributed by atoms with Gasteiger partial charge in [0.15, 0.2) is 6.29 Å². The van der Waals surface area contributed by atoms with Gasteiger partial charge in [0, 0.05) is 18.2 Å². The van der Waals surface area contributed by atoms with Crippen LogP contribution >= 0.6 is 0 Å². The van der Waals surface area contributed by atoms with Crippen LogP contribution < -0.4 is 5.32 Å². The molecule has 0 saturated heterocycles. The van der Waals surface area contributed by atoms with Crippen LogP contribution in [0.4, 0.5) is 5.69 Å². The smallest absolute Gasteiger partial charge is 0.221 e. The number of carbonyl (C=O) groups excluding carboxylic acids is 2. The molecule has 1 N–H and O–H groups in total. The van der Waals surface area contributed by atoms with Gasteiger partial charge in [0.1, 0.15) is 0 Å². The van der Waals surface area contributed by atoms with Gasteiger partial charge in [-0.1, -0.05) is 36.4 Å². The molecular weight excluding hydrogens is 226 g/mol. The lowest BCUT2D eigenvalue weighted by molar-refractivity contribution is -0.114. The molecule has 1 amide bonds. The summed E-state index contributed by atoms with van der Waals surface area (Å²) in [5.41, 5.74) is 3.13. The highest BCUT2D eigenvalue weighted by atomic mass is 16.1. The summed E-state index contributed by atoms with van der Waals surface area (Å²) in [5.74, 6) is -0.115. The molecule has 2 aromatic carbocycles. The number of hydrogen-bond acceptors (Lipinski definition) is 2. The van der Waals surface area contributed by atoms with E-state index in [1.165, 1.54) is 6.92 Å². The second-order valence-corrected chi connectivity index (χ2v) is 3.97. The van der Waals surface area contributed by atoms with Crippen LogP contribution in [0.1, 0.15) is 17.3 Å². The fourth-order valence-corrected chi connectivity index (χ4v) is 1.83. The van der Waals surface area contributed by atoms with E-state index < -0.39 is 0 Å². The molecule has 2 rings (SSSR count). The van der Waals surface area contributed by atoms with Crippen molar-refractivity contribution in [1.29, 1.82) is 0 Å². The van der Waals surface area contributed by atoms with Crippen LogP contribution in [0.25, 0.3) is 11.1 Å². The molecule has 0 radical (unpaired) electrons. The van der Waals surface area contributed by atoms with Crippen LogP contribution in [0, 0.1) is 0 Å². The minimum absolute atomic E-state index is 0.115. The van der Waals surface area contributed by atoms with E-state index in [-0.39, 0.29) is 5.91 Å². The van der Waals surface area contributed by atoms with Crippen molar-refractivity contribution in [3.05, 3.63) is 54.1 Å². The SMILES string of the molecule is CC(=O)Nc1cccc(-c2ccccc2C=O)c1. The molecule has 0 saturated carbocycles. The number of nitrogens with one attached hydrogen (secondary N) is 1. The van der Waals surface area contributed by atoms with Crippen LogP contribution in [0.5, 0.6) is 0 Å². The molecule has 0 fully saturated rings. The zero-order valence-electron chi connectivity index (χ0n) is 10.0. The Kier molecular flexibility index (Phi) is 3.53. The van der Waals surface area contributed by atoms with Crippen molar-refractivity contribution in [2.24, 2.45) is 0 Å². The highest BCUT2D eigenvalue weighted by molar-refractivity contribution is 5.91. The number of amides is 1. The second-order valence-electron chi connectivity index (χ2n) is 3.97. The van der Waals surface area contributed by atoms with Crippen molar-refractivity contribution >= 4 is 17.9 Å². The third-order valence-electron chi connectivity index (χ3n) is 2.58. The van der Waals surface area contributed by atoms with Gasteiger partial charge in [0.2, 0.25) is 5.91 Å². The molecule has 0 unspecified atom stereocenters. The molecule has 0 aliphatic carbocycles. The van der Waals surface area contributed by atoms with E-state index in [4.69, 9.17) is 0 Å². The predicted molar refractivity (Wildman–Crippen MR) is 71.6 cm³/mol. The molecule has 0 bridgehead atoms. The average molecular weight is 239 g/mol. The van der Waals surface area contributed by atoms with Gasteiger partial charge < -0.3 is 5.32 Å². The highest BCUT2D eigenvalue weighted by Crippen LogP contribution is 2.25. The van der Waals surface area contributed by atoms with Gasteiger partial charge in [-0.05, 0) is 23.3 Å². The summed E-state index contributed by atoms with van der Waals surface area (Å²) < 4.78 is 0. The first-order chi connectivity index (χ1) is 8.70. The molecule has 0 aliphatic rings. The maximum Gasteiger partial charge on any atom is 0.221 e. The largest absolute Gasteiger partial charge is 0.326 e. The summed E-state index contributed by atoms with van der Waals surface area (Å²) in [7, 11) is 0. The normalized spacial score (nSPS) is 9.83. The van der Waals surface area contributed by atoms with Crippen molar-refractivity contribution < 1.29 is 9.59 Å². The number of anilines is 1. The van der Waals surface area contributed by atoms with E-state index in [2.05, 4.69) is 5.32 Å². The number of rotatable bonds is 3. The second kappa shape index (κ2) is 5.27. The molecule has 3 nitrogen and oxygen atoms in total. The topological polar surface area (TPSA) is 46.2 Å². The Morgan fingerprint density at radius 2 is 1.89 bits per heavy atom. The monoisotopic (exact) mass is 239 g/mol. The molecule has 0 aliphatic heterocycles. The summed E-state index contributed by atoms with van der Waals surface area (Å²) in [6, 6.07) is 14.8. The van der Waals surface area contributed by atoms with Gasteiger partial charge in [-0.3, -0.25) is 9.59 Å². The Bertz CT molecular complexity index is 591. The van der Waals surface area contributed by atoms with Crippen LogP contribution in [0.2, 0.25) is 0 Å². The first-order valence-electron chi connectivity index (χ1n) is 5.63. The predicted octanol–water partition coefficient (Wildman–Crippen LogP) is 3.12. The van der Waals surface area contributed by atoms with Gasteiger partial charge in [0.25, 0.3) is 0 Å². The van der Waals surface area contributed by atoms with E-state index in [0.29, 0.717) is 5.56 Å². The lowest BCUT2D eigenvalue weighted by Crippen LogP contribution is -2.05. The van der Waals surface area contributed by atoms with Crippen LogP contribution in [-0.4, -0.2) is 12.2 Å². The molecule has 0 heterocycles. The maximum absolute atomic E-state index is 11.0. The standard InChI is InChI=1S/C15H13NO2/c1-11(18)16-14-7-4-6-12(9-14)15-8-3-2-5-13(15)10-17/h2-10H,1H3,(H,16,18). The first kappa shape index (κ1) is 12.0. The summed E-state index contributed by atoms with van der Waals surface area (Å²) >= 11 is 0. The van der Waals surface area contributed by atoms with E-state index in [0.717, 1.165) is 23.1 Å². The molecule has 18 heavy (non-hydrogen) atoms. The van der Waals surface area contributed by atoms with Crippen molar-refractivity contribution in [3.63, 3.8) is 0 Å². The molecule has 0 atom stereocenters. The van der Waals surface area contributed by atoms with Gasteiger partial charge in [-0.15, -0.1) is 0 Å². The summed E-state index contributed by atoms with van der Waals surface area (Å²) in [6.45, 7) is 1.46. The van der Waals surface area contributed by atoms with Crippen LogP contribution in [0.3, 0.4) is 0 Å². The van der Waals surface area contributed by atoms with E-state index >= 15 is 0 Å². The Labute approximate surface area is 105 Å². The van der Waals surface area contributed by atoms with Crippen molar-refractivity contribution in [3.8, 4) is 11.1 Å². The van der Waals surface area contributed by atoms with Gasteiger partial charge in [0.05, 0.1) is 0 Å². The third-order valence-corrected chi connectivity index (χ3v) is 2.58. The summed E-state index contributed by atoms with van der Waals surface area (Å²) in [4.78, 5) is 22.0. The average Bonchev–Trinajstić information content (AvgIpc) is 2.38. The molecule has 0 aromatic heterocycles. The molecule has 2 aromatic rings. The summed E-state index contributed by atoms with van der Waals surface area (Å²) in [6.07, 6.45) is 0.834. The lowest BCUT2D eigenvalue weighted by atomic mass is 10.00. The number of aldehydes is 1. The maximum atomic E-state index is 11.0. The zero-order chi connectivity index (χ0) is 13.0. The van der Waals surface area contributed by atoms with Gasteiger partial charge >= 0.3 is 0 Å². The lowest BCUT2D eigenvalue weighted by Gasteiger charge is -2.07. The van der Waals surface area contributed by atoms with Gasteiger partial charge in [-0.25, -0.2) is 0 Å². The van der Waals surface area contributed by atoms with E-state index in [1.807, 2.05) is 42.5 Å². The van der Waals surface area contributed by atoms with Crippen LogP contribution in [0.15, 0.2) is 48.5 Å². The van der Waals surface area contributed by atoms with Crippen molar-refractivity contribution in [2.45, 2.75) is 6.92 Å². The van der Waals surface area contributed by atoms with Crippen molar-refractivity contribution in [1.82, 2.24) is 0 Å². The fourth-order valence-electron chi connectivity index (χ4n) is 1.83. The molecular formula is C15H13NO2. The molecule has 0 spiro atoms. The number of carbonyl (C=O) groups is 2. The number of benzene rings is 2. The molecule has 90 valence electrons. The fraction of sp³-hybridized carbons (Fsp3) is 0.0667. The van der Waals surface area contributed by atoms with Gasteiger partial charge in [-0.2, -0.15) is 0 Å². The Morgan fingerprint density at radius 3 is 2.61 bits per heavy atom. The van der Waals surface area contributed by atoms with Crippen molar-refractivity contribution in [2.75, 3.05) is 5.32 Å². The third kappa shape index (κ3) is 2.63. The minimum atomic E-state index is -0.115. The molecule has 3 heteroatoms. The van der Waals surface area contributed by atoms with Crippen LogP contribution in [-0.2, 0) is 4.79 Å². The van der Waals surface area contributed by atoms with E-state index in [1.54, 1.807) is 6.07 Å². The Hall–Kier alpha value is -2.42. The summed E-state index contributed by atoms with van der Waals surface area (Å²) in [5, 5.41) is 2.73. The highest BCUT2D eigenvalue weighted by Gasteiger charge is 2.04. The number of hydrogen-bond donors (Lipinski definition) is 1. The minimum Gasteiger partial charge on any atom is -0.326 e.